The van der Waals surface area contributed by atoms with E-state index in [0.29, 0.717) is 0 Å². The first-order valence-electron chi connectivity index (χ1n) is 5.29. The van der Waals surface area contributed by atoms with Gasteiger partial charge in [0.25, 0.3) is 0 Å². The number of hydrogen-bond acceptors (Lipinski definition) is 3. The Morgan fingerprint density at radius 2 is 2.06 bits per heavy atom. The molecule has 0 aliphatic carbocycles. The molecule has 0 rings (SSSR count). The third kappa shape index (κ3) is 5.37. The summed E-state index contributed by atoms with van der Waals surface area (Å²) in [6.45, 7) is 3.68. The minimum atomic E-state index is -0.522. The summed E-state index contributed by atoms with van der Waals surface area (Å²) in [6, 6.07) is -1.16. The van der Waals surface area contributed by atoms with E-state index in [4.69, 9.17) is 6.42 Å². The van der Waals surface area contributed by atoms with Gasteiger partial charge in [-0.3, -0.25) is 15.4 Å². The van der Waals surface area contributed by atoms with Gasteiger partial charge < -0.3 is 5.32 Å². The first-order valence-corrected chi connectivity index (χ1v) is 5.29. The lowest BCUT2D eigenvalue weighted by Gasteiger charge is -2.17. The summed E-state index contributed by atoms with van der Waals surface area (Å²) >= 11 is 0. The molecular weight excluding hydrogens is 206 g/mol. The molecule has 3 amide bonds. The van der Waals surface area contributed by atoms with Gasteiger partial charge in [0.15, 0.2) is 0 Å². The van der Waals surface area contributed by atoms with Crippen molar-refractivity contribution in [1.82, 2.24) is 16.0 Å². The molecule has 0 fully saturated rings. The molecule has 3 N–H and O–H groups in total. The fourth-order valence-electron chi connectivity index (χ4n) is 1.16. The van der Waals surface area contributed by atoms with Crippen molar-refractivity contribution >= 4 is 11.9 Å². The summed E-state index contributed by atoms with van der Waals surface area (Å²) in [4.78, 5) is 22.4. The quantitative estimate of drug-likeness (QED) is 0.586. The average molecular weight is 225 g/mol. The number of amides is 3. The van der Waals surface area contributed by atoms with E-state index in [9.17, 15) is 9.59 Å². The number of nitrogens with one attached hydrogen (secondary N) is 3. The zero-order valence-electron chi connectivity index (χ0n) is 9.96. The molecule has 0 aliphatic heterocycles. The number of imide groups is 1. The number of carbonyl (C=O) groups excluding carboxylic acids is 2. The summed E-state index contributed by atoms with van der Waals surface area (Å²) in [5, 5.41) is 7.45. The molecule has 0 aromatic rings. The van der Waals surface area contributed by atoms with Crippen molar-refractivity contribution in [3.05, 3.63) is 0 Å². The highest BCUT2D eigenvalue weighted by atomic mass is 16.2. The van der Waals surface area contributed by atoms with Gasteiger partial charge in [0.1, 0.15) is 0 Å². The molecule has 0 heterocycles. The molecule has 0 radical (unpaired) electrons. The first-order chi connectivity index (χ1) is 7.54. The van der Waals surface area contributed by atoms with Crippen LogP contribution in [0.15, 0.2) is 0 Å². The predicted molar refractivity (Wildman–Crippen MR) is 62.7 cm³/mol. The molecule has 0 spiro atoms. The Morgan fingerprint density at radius 1 is 1.44 bits per heavy atom. The molecule has 16 heavy (non-hydrogen) atoms. The molecule has 0 aliphatic rings. The van der Waals surface area contributed by atoms with Gasteiger partial charge in [0.05, 0.1) is 12.1 Å². The standard InChI is InChI=1S/C11H19N3O2/c1-5-7-9(6-2)13-8(3)10(15)14-11(16)12-4/h2,8-9,13H,5,7H2,1,3-4H3,(H2,12,14,15,16). The van der Waals surface area contributed by atoms with Crippen LogP contribution >= 0.6 is 0 Å². The van der Waals surface area contributed by atoms with Crippen LogP contribution in [0.3, 0.4) is 0 Å². The molecule has 0 saturated heterocycles. The van der Waals surface area contributed by atoms with Crippen molar-refractivity contribution in [3.63, 3.8) is 0 Å². The number of urea groups is 1. The number of hydrogen-bond donors (Lipinski definition) is 3. The maximum Gasteiger partial charge on any atom is 0.321 e. The zero-order valence-corrected chi connectivity index (χ0v) is 9.96. The van der Waals surface area contributed by atoms with Gasteiger partial charge in [0.2, 0.25) is 5.91 Å². The van der Waals surface area contributed by atoms with Gasteiger partial charge in [0, 0.05) is 7.05 Å². The SMILES string of the molecule is C#CC(CCC)NC(C)C(=O)NC(=O)NC. The van der Waals surface area contributed by atoms with Crippen molar-refractivity contribution in [2.24, 2.45) is 0 Å². The molecule has 2 unspecified atom stereocenters. The normalized spacial score (nSPS) is 13.4. The lowest BCUT2D eigenvalue weighted by atomic mass is 10.1. The van der Waals surface area contributed by atoms with Crippen LogP contribution in [0.5, 0.6) is 0 Å². The van der Waals surface area contributed by atoms with Gasteiger partial charge in [-0.25, -0.2) is 4.79 Å². The van der Waals surface area contributed by atoms with E-state index in [2.05, 4.69) is 21.9 Å². The third-order valence-electron chi connectivity index (χ3n) is 2.09. The Kier molecular flexibility index (Phi) is 6.97. The van der Waals surface area contributed by atoms with Gasteiger partial charge in [-0.1, -0.05) is 19.3 Å². The van der Waals surface area contributed by atoms with Crippen LogP contribution in [-0.4, -0.2) is 31.1 Å². The maximum atomic E-state index is 11.5. The van der Waals surface area contributed by atoms with Crippen molar-refractivity contribution < 1.29 is 9.59 Å². The van der Waals surface area contributed by atoms with Crippen LogP contribution in [0.2, 0.25) is 0 Å². The van der Waals surface area contributed by atoms with Crippen LogP contribution in [0.4, 0.5) is 4.79 Å². The molecule has 0 aromatic carbocycles. The smallest absolute Gasteiger partial charge is 0.321 e. The van der Waals surface area contributed by atoms with Crippen LogP contribution < -0.4 is 16.0 Å². The lowest BCUT2D eigenvalue weighted by Crippen LogP contribution is -2.49. The van der Waals surface area contributed by atoms with Gasteiger partial charge >= 0.3 is 6.03 Å². The van der Waals surface area contributed by atoms with E-state index in [0.717, 1.165) is 12.8 Å². The van der Waals surface area contributed by atoms with Crippen LogP contribution in [-0.2, 0) is 4.79 Å². The zero-order chi connectivity index (χ0) is 12.6. The fraction of sp³-hybridized carbons (Fsp3) is 0.636. The Morgan fingerprint density at radius 3 is 2.50 bits per heavy atom. The summed E-state index contributed by atoms with van der Waals surface area (Å²) in [5.74, 6) is 2.17. The Balaban J connectivity index is 4.13. The topological polar surface area (TPSA) is 70.2 Å². The minimum Gasteiger partial charge on any atom is -0.341 e. The van der Waals surface area contributed by atoms with Crippen molar-refractivity contribution in [2.75, 3.05) is 7.05 Å². The second-order valence-electron chi connectivity index (χ2n) is 3.46. The maximum absolute atomic E-state index is 11.5. The Labute approximate surface area is 96.4 Å². The van der Waals surface area contributed by atoms with E-state index in [1.807, 2.05) is 6.92 Å². The van der Waals surface area contributed by atoms with Crippen LogP contribution in [0.1, 0.15) is 26.7 Å². The summed E-state index contributed by atoms with van der Waals surface area (Å²) in [5.41, 5.74) is 0. The molecule has 90 valence electrons. The van der Waals surface area contributed by atoms with E-state index >= 15 is 0 Å². The molecule has 0 saturated carbocycles. The summed E-state index contributed by atoms with van der Waals surface area (Å²) in [7, 11) is 1.45. The third-order valence-corrected chi connectivity index (χ3v) is 2.09. The van der Waals surface area contributed by atoms with Crippen LogP contribution in [0.25, 0.3) is 0 Å². The molecule has 5 heteroatoms. The number of carbonyl (C=O) groups is 2. The largest absolute Gasteiger partial charge is 0.341 e. The van der Waals surface area contributed by atoms with Crippen molar-refractivity contribution in [2.45, 2.75) is 38.8 Å². The van der Waals surface area contributed by atoms with Crippen molar-refractivity contribution in [3.8, 4) is 12.3 Å². The predicted octanol–water partition coefficient (Wildman–Crippen LogP) is 0.222. The highest BCUT2D eigenvalue weighted by Gasteiger charge is 2.17. The van der Waals surface area contributed by atoms with E-state index in [1.54, 1.807) is 6.92 Å². The second kappa shape index (κ2) is 7.71. The van der Waals surface area contributed by atoms with Crippen molar-refractivity contribution in [1.29, 1.82) is 0 Å². The highest BCUT2D eigenvalue weighted by Crippen LogP contribution is 1.96. The summed E-state index contributed by atoms with van der Waals surface area (Å²) < 4.78 is 0. The highest BCUT2D eigenvalue weighted by molar-refractivity contribution is 5.96. The number of terminal acetylenes is 1. The Bertz CT molecular complexity index is 283. The summed E-state index contributed by atoms with van der Waals surface area (Å²) in [6.07, 6.45) is 7.05. The second-order valence-corrected chi connectivity index (χ2v) is 3.46. The average Bonchev–Trinajstić information content (AvgIpc) is 2.27. The van der Waals surface area contributed by atoms with E-state index < -0.39 is 18.0 Å². The molecule has 2 atom stereocenters. The lowest BCUT2D eigenvalue weighted by molar-refractivity contribution is -0.121. The van der Waals surface area contributed by atoms with E-state index in [-0.39, 0.29) is 6.04 Å². The Hall–Kier alpha value is -1.54. The van der Waals surface area contributed by atoms with Gasteiger partial charge in [-0.2, -0.15) is 0 Å². The van der Waals surface area contributed by atoms with E-state index in [1.165, 1.54) is 7.05 Å². The molecule has 0 aromatic heterocycles. The molecular formula is C11H19N3O2. The first kappa shape index (κ1) is 14.5. The van der Waals surface area contributed by atoms with Gasteiger partial charge in [-0.15, -0.1) is 6.42 Å². The molecule has 0 bridgehead atoms. The molecule has 5 nitrogen and oxygen atoms in total. The number of rotatable bonds is 5. The fourth-order valence-corrected chi connectivity index (χ4v) is 1.16. The van der Waals surface area contributed by atoms with Gasteiger partial charge in [-0.05, 0) is 13.3 Å². The van der Waals surface area contributed by atoms with Crippen LogP contribution in [0, 0.1) is 12.3 Å². The monoisotopic (exact) mass is 225 g/mol. The minimum absolute atomic E-state index is 0.143.